The van der Waals surface area contributed by atoms with Crippen LogP contribution >= 0.6 is 0 Å². The van der Waals surface area contributed by atoms with Crippen LogP contribution in [0.2, 0.25) is 0 Å². The Bertz CT molecular complexity index is 610. The molecule has 4 fully saturated rings. The van der Waals surface area contributed by atoms with E-state index < -0.39 is 5.60 Å². The maximum Gasteiger partial charge on any atom is 0.139 e. The lowest BCUT2D eigenvalue weighted by Crippen LogP contribution is -2.67. The molecule has 0 heterocycles. The van der Waals surface area contributed by atoms with Gasteiger partial charge in [-0.2, -0.15) is 0 Å². The molecule has 0 aromatic heterocycles. The van der Waals surface area contributed by atoms with Crippen molar-refractivity contribution in [2.45, 2.75) is 84.7 Å². The molecular weight excluding hydrogens is 312 g/mol. The number of fused-ring (bicyclic) bond motifs is 5. The molecule has 4 aliphatic carbocycles. The van der Waals surface area contributed by atoms with E-state index in [-0.39, 0.29) is 22.5 Å². The molecule has 0 unspecified atom stereocenters. The Morgan fingerprint density at radius 2 is 1.76 bits per heavy atom. The molecule has 0 saturated heterocycles. The number of carbonyl (C=O) groups is 2. The fourth-order valence-corrected chi connectivity index (χ4v) is 7.76. The largest absolute Gasteiger partial charge is 0.389 e. The third-order valence-corrected chi connectivity index (χ3v) is 9.29. The highest BCUT2D eigenvalue weighted by atomic mass is 16.3. The summed E-state index contributed by atoms with van der Waals surface area (Å²) in [4.78, 5) is 24.9. The monoisotopic (exact) mass is 346 g/mol. The number of carbonyl (C=O) groups excluding carboxylic acids is 2. The minimum Gasteiger partial charge on any atom is -0.389 e. The van der Waals surface area contributed by atoms with Crippen LogP contribution in [0.1, 0.15) is 79.1 Å². The zero-order valence-electron chi connectivity index (χ0n) is 16.3. The Morgan fingerprint density at radius 1 is 1.04 bits per heavy atom. The van der Waals surface area contributed by atoms with E-state index in [0.717, 1.165) is 38.5 Å². The molecule has 4 rings (SSSR count). The van der Waals surface area contributed by atoms with Gasteiger partial charge in [0.1, 0.15) is 11.6 Å². The van der Waals surface area contributed by atoms with Crippen molar-refractivity contribution in [2.24, 2.45) is 40.4 Å². The van der Waals surface area contributed by atoms with E-state index in [1.54, 1.807) is 0 Å². The van der Waals surface area contributed by atoms with Crippen LogP contribution in [0, 0.1) is 40.4 Å². The molecule has 25 heavy (non-hydrogen) atoms. The quantitative estimate of drug-likeness (QED) is 0.775. The average Bonchev–Trinajstić information content (AvgIpc) is 2.83. The van der Waals surface area contributed by atoms with Crippen molar-refractivity contribution in [2.75, 3.05) is 0 Å². The van der Waals surface area contributed by atoms with Crippen molar-refractivity contribution in [1.82, 2.24) is 0 Å². The molecule has 3 nitrogen and oxygen atoms in total. The Balaban J connectivity index is 1.78. The Hall–Kier alpha value is -0.700. The molecule has 0 spiro atoms. The first-order valence-corrected chi connectivity index (χ1v) is 10.4. The van der Waals surface area contributed by atoms with Crippen molar-refractivity contribution >= 4 is 11.6 Å². The van der Waals surface area contributed by atoms with Gasteiger partial charge < -0.3 is 5.11 Å². The summed E-state index contributed by atoms with van der Waals surface area (Å²) in [6, 6.07) is 0. The standard InChI is InChI=1S/C22H34O3/c1-13(2)18-11-15-16-5-6-19(24)20(16,3)9-8-17(15)21(4)10-7-14(23)12-22(18,21)25/h13,15-18,25H,5-12H2,1-4H3/t15-,16-,17-,18-,20-,21+,22-/m0/s1. The summed E-state index contributed by atoms with van der Waals surface area (Å²) >= 11 is 0. The van der Waals surface area contributed by atoms with Gasteiger partial charge in [-0.15, -0.1) is 0 Å². The highest BCUT2D eigenvalue weighted by Gasteiger charge is 2.67. The van der Waals surface area contributed by atoms with Crippen molar-refractivity contribution in [3.8, 4) is 0 Å². The lowest BCUT2D eigenvalue weighted by atomic mass is 9.40. The average molecular weight is 347 g/mol. The Kier molecular flexibility index (Phi) is 3.83. The predicted octanol–water partition coefficient (Wildman–Crippen LogP) is 4.16. The predicted molar refractivity (Wildman–Crippen MR) is 96.9 cm³/mol. The van der Waals surface area contributed by atoms with Crippen LogP contribution in [-0.2, 0) is 9.59 Å². The lowest BCUT2D eigenvalue weighted by Gasteiger charge is -2.65. The van der Waals surface area contributed by atoms with Gasteiger partial charge in [-0.05, 0) is 61.7 Å². The number of ketones is 2. The second-order valence-corrected chi connectivity index (χ2v) is 10.4. The third kappa shape index (κ3) is 2.14. The lowest BCUT2D eigenvalue weighted by molar-refractivity contribution is -0.235. The SMILES string of the molecule is CC(C)[C@@H]1C[C@H]2[C@@H]3CCC(=O)[C@@]3(C)CC[C@@H]2[C@@]2(C)CCC(=O)C[C@]12O. The van der Waals surface area contributed by atoms with Crippen LogP contribution in [-0.4, -0.2) is 22.3 Å². The maximum atomic E-state index is 12.6. The van der Waals surface area contributed by atoms with Gasteiger partial charge in [0.2, 0.25) is 0 Å². The number of hydrogen-bond acceptors (Lipinski definition) is 3. The first kappa shape index (κ1) is 17.7. The molecule has 0 bridgehead atoms. The van der Waals surface area contributed by atoms with Crippen molar-refractivity contribution in [3.05, 3.63) is 0 Å². The van der Waals surface area contributed by atoms with Gasteiger partial charge in [0.15, 0.2) is 0 Å². The summed E-state index contributed by atoms with van der Waals surface area (Å²) in [6.07, 6.45) is 6.58. The van der Waals surface area contributed by atoms with Crippen molar-refractivity contribution in [1.29, 1.82) is 0 Å². The van der Waals surface area contributed by atoms with Crippen LogP contribution in [0.4, 0.5) is 0 Å². The normalized spacial score (nSPS) is 52.7. The molecule has 1 N–H and O–H groups in total. The molecular formula is C22H34O3. The molecule has 4 aliphatic rings. The fourth-order valence-electron chi connectivity index (χ4n) is 7.76. The smallest absolute Gasteiger partial charge is 0.139 e. The molecule has 0 radical (unpaired) electrons. The Labute approximate surface area is 151 Å². The van der Waals surface area contributed by atoms with Crippen LogP contribution in [0.15, 0.2) is 0 Å². The zero-order chi connectivity index (χ0) is 18.2. The Morgan fingerprint density at radius 3 is 2.44 bits per heavy atom. The van der Waals surface area contributed by atoms with Crippen LogP contribution in [0.25, 0.3) is 0 Å². The van der Waals surface area contributed by atoms with E-state index in [0.29, 0.717) is 42.3 Å². The highest BCUT2D eigenvalue weighted by Crippen LogP contribution is 2.68. The minimum atomic E-state index is -0.853. The van der Waals surface area contributed by atoms with Gasteiger partial charge in [-0.3, -0.25) is 9.59 Å². The molecule has 3 heteroatoms. The summed E-state index contributed by atoms with van der Waals surface area (Å²) in [7, 11) is 0. The van der Waals surface area contributed by atoms with Gasteiger partial charge in [-0.25, -0.2) is 0 Å². The molecule has 0 aromatic rings. The zero-order valence-corrected chi connectivity index (χ0v) is 16.3. The van der Waals surface area contributed by atoms with Gasteiger partial charge in [0.25, 0.3) is 0 Å². The van der Waals surface area contributed by atoms with Gasteiger partial charge in [0, 0.05) is 30.1 Å². The molecule has 0 amide bonds. The van der Waals surface area contributed by atoms with E-state index in [9.17, 15) is 14.7 Å². The van der Waals surface area contributed by atoms with E-state index >= 15 is 0 Å². The second kappa shape index (κ2) is 5.41. The number of hydrogen-bond donors (Lipinski definition) is 1. The fraction of sp³-hybridized carbons (Fsp3) is 0.909. The van der Waals surface area contributed by atoms with Crippen molar-refractivity contribution < 1.29 is 14.7 Å². The van der Waals surface area contributed by atoms with E-state index in [4.69, 9.17) is 0 Å². The number of aliphatic hydroxyl groups is 1. The molecule has 4 saturated carbocycles. The van der Waals surface area contributed by atoms with Crippen molar-refractivity contribution in [3.63, 3.8) is 0 Å². The molecule has 140 valence electrons. The van der Waals surface area contributed by atoms with Gasteiger partial charge in [0.05, 0.1) is 5.60 Å². The van der Waals surface area contributed by atoms with Gasteiger partial charge in [-0.1, -0.05) is 27.7 Å². The maximum absolute atomic E-state index is 12.6. The first-order chi connectivity index (χ1) is 11.6. The summed E-state index contributed by atoms with van der Waals surface area (Å²) in [5, 5.41) is 11.9. The highest BCUT2D eigenvalue weighted by molar-refractivity contribution is 5.87. The topological polar surface area (TPSA) is 54.4 Å². The minimum absolute atomic E-state index is 0.126. The van der Waals surface area contributed by atoms with E-state index in [1.807, 2.05) is 0 Å². The summed E-state index contributed by atoms with van der Waals surface area (Å²) in [5.41, 5.74) is -1.15. The van der Waals surface area contributed by atoms with E-state index in [1.165, 1.54) is 0 Å². The second-order valence-electron chi connectivity index (χ2n) is 10.4. The van der Waals surface area contributed by atoms with Crippen LogP contribution < -0.4 is 0 Å². The third-order valence-electron chi connectivity index (χ3n) is 9.29. The van der Waals surface area contributed by atoms with E-state index in [2.05, 4.69) is 27.7 Å². The van der Waals surface area contributed by atoms with Crippen LogP contribution in [0.5, 0.6) is 0 Å². The number of rotatable bonds is 1. The summed E-state index contributed by atoms with van der Waals surface area (Å²) in [5.74, 6) is 2.73. The first-order valence-electron chi connectivity index (χ1n) is 10.4. The molecule has 7 atom stereocenters. The molecule has 0 aromatic carbocycles. The number of Topliss-reactive ketones (excluding diaryl/α,β-unsaturated/α-hetero) is 2. The van der Waals surface area contributed by atoms with Crippen LogP contribution in [0.3, 0.4) is 0 Å². The summed E-state index contributed by atoms with van der Waals surface area (Å²) in [6.45, 7) is 8.88. The van der Waals surface area contributed by atoms with Gasteiger partial charge >= 0.3 is 0 Å². The summed E-state index contributed by atoms with van der Waals surface area (Å²) < 4.78 is 0. The molecule has 0 aliphatic heterocycles.